The third kappa shape index (κ3) is 2.57. The Labute approximate surface area is 107 Å². The number of nitrogens with one attached hydrogen (secondary N) is 1. The Morgan fingerprint density at radius 3 is 2.44 bits per heavy atom. The van der Waals surface area contributed by atoms with E-state index >= 15 is 0 Å². The minimum Gasteiger partial charge on any atom is -0.347 e. The van der Waals surface area contributed by atoms with Crippen LogP contribution in [0.3, 0.4) is 0 Å². The SMILES string of the molecule is O=[N+]([O-])c1cccc(F)c1Nc1ccc(Cl)cc1. The first kappa shape index (κ1) is 12.3. The highest BCUT2D eigenvalue weighted by Gasteiger charge is 2.17. The number of rotatable bonds is 3. The Kier molecular flexibility index (Phi) is 3.43. The summed E-state index contributed by atoms with van der Waals surface area (Å²) in [6, 6.07) is 10.1. The van der Waals surface area contributed by atoms with Gasteiger partial charge in [-0.2, -0.15) is 0 Å². The van der Waals surface area contributed by atoms with Crippen molar-refractivity contribution in [1.82, 2.24) is 0 Å². The number of hydrogen-bond donors (Lipinski definition) is 1. The second-order valence-corrected chi connectivity index (χ2v) is 3.96. The quantitative estimate of drug-likeness (QED) is 0.671. The molecule has 2 rings (SSSR count). The molecule has 2 aromatic rings. The van der Waals surface area contributed by atoms with Crippen LogP contribution in [0.2, 0.25) is 5.02 Å². The maximum Gasteiger partial charge on any atom is 0.295 e. The van der Waals surface area contributed by atoms with Crippen LogP contribution in [-0.4, -0.2) is 4.92 Å². The lowest BCUT2D eigenvalue weighted by atomic mass is 10.2. The van der Waals surface area contributed by atoms with Crippen LogP contribution in [0, 0.1) is 15.9 Å². The molecule has 0 saturated carbocycles. The van der Waals surface area contributed by atoms with Crippen LogP contribution in [0.4, 0.5) is 21.5 Å². The molecule has 0 aliphatic carbocycles. The van der Waals surface area contributed by atoms with Crippen LogP contribution >= 0.6 is 11.6 Å². The molecule has 0 spiro atoms. The summed E-state index contributed by atoms with van der Waals surface area (Å²) < 4.78 is 13.6. The lowest BCUT2D eigenvalue weighted by Gasteiger charge is -2.07. The molecule has 92 valence electrons. The molecule has 0 atom stereocenters. The van der Waals surface area contributed by atoms with E-state index in [0.29, 0.717) is 10.7 Å². The molecule has 4 nitrogen and oxygen atoms in total. The van der Waals surface area contributed by atoms with Gasteiger partial charge in [-0.05, 0) is 30.3 Å². The van der Waals surface area contributed by atoms with Gasteiger partial charge in [0, 0.05) is 16.8 Å². The number of benzene rings is 2. The molecule has 0 aliphatic rings. The summed E-state index contributed by atoms with van der Waals surface area (Å²) in [6.07, 6.45) is 0. The fourth-order valence-electron chi connectivity index (χ4n) is 1.47. The van der Waals surface area contributed by atoms with Crippen molar-refractivity contribution in [2.75, 3.05) is 5.32 Å². The maximum atomic E-state index is 13.6. The van der Waals surface area contributed by atoms with E-state index < -0.39 is 10.7 Å². The second kappa shape index (κ2) is 5.01. The highest BCUT2D eigenvalue weighted by molar-refractivity contribution is 6.30. The Balaban J connectivity index is 2.39. The van der Waals surface area contributed by atoms with Crippen LogP contribution in [0.1, 0.15) is 0 Å². The van der Waals surface area contributed by atoms with E-state index in [2.05, 4.69) is 5.32 Å². The Bertz CT molecular complexity index is 587. The Hall–Kier alpha value is -2.14. The van der Waals surface area contributed by atoms with Crippen LogP contribution in [0.25, 0.3) is 0 Å². The van der Waals surface area contributed by atoms with Crippen LogP contribution in [0.5, 0.6) is 0 Å². The number of para-hydroxylation sites is 1. The monoisotopic (exact) mass is 266 g/mol. The molecule has 6 heteroatoms. The maximum absolute atomic E-state index is 13.6. The average molecular weight is 267 g/mol. The van der Waals surface area contributed by atoms with Gasteiger partial charge in [0.2, 0.25) is 0 Å². The first-order valence-electron chi connectivity index (χ1n) is 5.03. The second-order valence-electron chi connectivity index (χ2n) is 3.52. The molecule has 1 N–H and O–H groups in total. The standard InChI is InChI=1S/C12H8ClFN2O2/c13-8-4-6-9(7-5-8)15-12-10(14)2-1-3-11(12)16(17)18/h1-7,15H. The number of nitro groups is 1. The zero-order chi connectivity index (χ0) is 13.1. The van der Waals surface area contributed by atoms with E-state index in [1.54, 1.807) is 24.3 Å². The molecule has 0 unspecified atom stereocenters. The minimum atomic E-state index is -0.681. The predicted molar refractivity (Wildman–Crippen MR) is 67.8 cm³/mol. The van der Waals surface area contributed by atoms with E-state index in [1.807, 2.05) is 0 Å². The third-order valence-electron chi connectivity index (χ3n) is 2.30. The molecular formula is C12H8ClFN2O2. The van der Waals surface area contributed by atoms with Crippen molar-refractivity contribution in [2.24, 2.45) is 0 Å². The minimum absolute atomic E-state index is 0.162. The van der Waals surface area contributed by atoms with Gasteiger partial charge in [-0.25, -0.2) is 4.39 Å². The molecule has 0 amide bonds. The summed E-state index contributed by atoms with van der Waals surface area (Å²) in [5.74, 6) is -0.681. The number of anilines is 2. The first-order valence-corrected chi connectivity index (χ1v) is 5.41. The van der Waals surface area contributed by atoms with Gasteiger partial charge in [-0.15, -0.1) is 0 Å². The largest absolute Gasteiger partial charge is 0.347 e. The average Bonchev–Trinajstić information content (AvgIpc) is 2.34. The van der Waals surface area contributed by atoms with Crippen molar-refractivity contribution in [1.29, 1.82) is 0 Å². The molecule has 0 saturated heterocycles. The van der Waals surface area contributed by atoms with Gasteiger partial charge in [0.1, 0.15) is 0 Å². The fraction of sp³-hybridized carbons (Fsp3) is 0. The van der Waals surface area contributed by atoms with E-state index in [9.17, 15) is 14.5 Å². The van der Waals surface area contributed by atoms with Gasteiger partial charge in [0.15, 0.2) is 11.5 Å². The van der Waals surface area contributed by atoms with E-state index in [-0.39, 0.29) is 11.4 Å². The lowest BCUT2D eigenvalue weighted by molar-refractivity contribution is -0.384. The van der Waals surface area contributed by atoms with Gasteiger partial charge >= 0.3 is 0 Å². The van der Waals surface area contributed by atoms with Crippen molar-refractivity contribution in [3.8, 4) is 0 Å². The molecule has 0 heterocycles. The molecule has 0 aliphatic heterocycles. The lowest BCUT2D eigenvalue weighted by Crippen LogP contribution is -1.99. The van der Waals surface area contributed by atoms with Gasteiger partial charge in [-0.3, -0.25) is 10.1 Å². The summed E-state index contributed by atoms with van der Waals surface area (Å²) in [6.45, 7) is 0. The number of nitro benzene ring substituents is 1. The molecule has 0 radical (unpaired) electrons. The Morgan fingerprint density at radius 1 is 1.17 bits per heavy atom. The van der Waals surface area contributed by atoms with E-state index in [1.165, 1.54) is 12.1 Å². The Morgan fingerprint density at radius 2 is 1.83 bits per heavy atom. The fourth-order valence-corrected chi connectivity index (χ4v) is 1.59. The van der Waals surface area contributed by atoms with E-state index in [4.69, 9.17) is 11.6 Å². The van der Waals surface area contributed by atoms with Gasteiger partial charge < -0.3 is 5.32 Å². The predicted octanol–water partition coefficient (Wildman–Crippen LogP) is 4.13. The number of halogens is 2. The summed E-state index contributed by atoms with van der Waals surface area (Å²) in [5.41, 5.74) is 0.0439. The van der Waals surface area contributed by atoms with Crippen LogP contribution < -0.4 is 5.32 Å². The van der Waals surface area contributed by atoms with E-state index in [0.717, 1.165) is 6.07 Å². The van der Waals surface area contributed by atoms with Gasteiger partial charge in [0.05, 0.1) is 4.92 Å². The number of nitrogens with zero attached hydrogens (tertiary/aromatic N) is 1. The summed E-state index contributed by atoms with van der Waals surface area (Å²) in [7, 11) is 0. The topological polar surface area (TPSA) is 55.2 Å². The van der Waals surface area contributed by atoms with Crippen molar-refractivity contribution in [3.63, 3.8) is 0 Å². The van der Waals surface area contributed by atoms with Gasteiger partial charge in [0.25, 0.3) is 5.69 Å². The van der Waals surface area contributed by atoms with Crippen molar-refractivity contribution >= 4 is 28.7 Å². The molecule has 0 bridgehead atoms. The first-order chi connectivity index (χ1) is 8.58. The molecular weight excluding hydrogens is 259 g/mol. The highest BCUT2D eigenvalue weighted by Crippen LogP contribution is 2.30. The molecule has 18 heavy (non-hydrogen) atoms. The summed E-state index contributed by atoms with van der Waals surface area (Å²) >= 11 is 5.72. The molecule has 0 fully saturated rings. The van der Waals surface area contributed by atoms with Crippen molar-refractivity contribution < 1.29 is 9.31 Å². The van der Waals surface area contributed by atoms with Crippen LogP contribution in [-0.2, 0) is 0 Å². The summed E-state index contributed by atoms with van der Waals surface area (Å²) in [4.78, 5) is 10.2. The van der Waals surface area contributed by atoms with Gasteiger partial charge in [-0.1, -0.05) is 17.7 Å². The highest BCUT2D eigenvalue weighted by atomic mass is 35.5. The van der Waals surface area contributed by atoms with Crippen molar-refractivity contribution in [3.05, 3.63) is 63.4 Å². The van der Waals surface area contributed by atoms with Crippen LogP contribution in [0.15, 0.2) is 42.5 Å². The number of hydrogen-bond acceptors (Lipinski definition) is 3. The zero-order valence-corrected chi connectivity index (χ0v) is 9.82. The zero-order valence-electron chi connectivity index (χ0n) is 9.06. The normalized spacial score (nSPS) is 10.1. The summed E-state index contributed by atoms with van der Waals surface area (Å²) in [5, 5.41) is 14.0. The van der Waals surface area contributed by atoms with Crippen molar-refractivity contribution in [2.45, 2.75) is 0 Å². The molecule has 2 aromatic carbocycles. The molecule has 0 aromatic heterocycles. The smallest absolute Gasteiger partial charge is 0.295 e. The third-order valence-corrected chi connectivity index (χ3v) is 2.55.